The summed E-state index contributed by atoms with van der Waals surface area (Å²) in [6, 6.07) is 17.4. The summed E-state index contributed by atoms with van der Waals surface area (Å²) < 4.78 is 0. The quantitative estimate of drug-likeness (QED) is 0.615. The highest BCUT2D eigenvalue weighted by Gasteiger charge is 2.03. The summed E-state index contributed by atoms with van der Waals surface area (Å²) in [5.41, 5.74) is 7.24. The number of aliphatic imine (C=N–C) groups is 1. The number of benzene rings is 2. The Balaban J connectivity index is 1.87. The maximum absolute atomic E-state index is 4.92. The van der Waals surface area contributed by atoms with Gasteiger partial charge in [-0.25, -0.2) is 0 Å². The predicted octanol–water partition coefficient (Wildman–Crippen LogP) is 6.63. The van der Waals surface area contributed by atoms with Gasteiger partial charge in [-0.15, -0.1) is 0 Å². The summed E-state index contributed by atoms with van der Waals surface area (Å²) in [7, 11) is 0. The van der Waals surface area contributed by atoms with Gasteiger partial charge < -0.3 is 5.32 Å². The van der Waals surface area contributed by atoms with Crippen LogP contribution in [-0.4, -0.2) is 18.8 Å². The largest absolute Gasteiger partial charge is 0.385 e. The molecule has 2 nitrogen and oxygen atoms in total. The molecule has 2 heteroatoms. The second-order valence-corrected chi connectivity index (χ2v) is 7.99. The molecule has 0 saturated heterocycles. The molecular formula is C27H34N2. The standard InChI is InChI=1S/C27H34N2/c1-22-12-16-24(17-13-22)26-10-9-11-27(25-18-14-23(2)15-19-25)29-21-8-6-4-3-5-7-20-28-26/h9-19,28H,3-8,20-21H2,1-2H3/b11-9+,26-10-,29-27?. The average molecular weight is 387 g/mol. The maximum Gasteiger partial charge on any atom is 0.0646 e. The fourth-order valence-electron chi connectivity index (χ4n) is 3.56. The lowest BCUT2D eigenvalue weighted by Gasteiger charge is -2.11. The molecule has 1 aliphatic heterocycles. The van der Waals surface area contributed by atoms with Gasteiger partial charge in [-0.05, 0) is 50.0 Å². The molecule has 0 saturated carbocycles. The molecule has 1 heterocycles. The van der Waals surface area contributed by atoms with E-state index in [0.717, 1.165) is 18.8 Å². The van der Waals surface area contributed by atoms with Crippen LogP contribution in [-0.2, 0) is 0 Å². The van der Waals surface area contributed by atoms with Gasteiger partial charge in [0.1, 0.15) is 0 Å². The monoisotopic (exact) mass is 386 g/mol. The topological polar surface area (TPSA) is 24.4 Å². The van der Waals surface area contributed by atoms with Crippen molar-refractivity contribution in [2.24, 2.45) is 4.99 Å². The van der Waals surface area contributed by atoms with Crippen LogP contribution in [0.2, 0.25) is 0 Å². The summed E-state index contributed by atoms with van der Waals surface area (Å²) in [6.07, 6.45) is 14.1. The predicted molar refractivity (Wildman–Crippen MR) is 127 cm³/mol. The zero-order chi connectivity index (χ0) is 20.3. The number of nitrogens with zero attached hydrogens (tertiary/aromatic N) is 1. The first-order chi connectivity index (χ1) is 14.2. The van der Waals surface area contributed by atoms with Crippen LogP contribution in [0.5, 0.6) is 0 Å². The minimum atomic E-state index is 0.903. The zero-order valence-corrected chi connectivity index (χ0v) is 18.0. The van der Waals surface area contributed by atoms with Crippen molar-refractivity contribution < 1.29 is 0 Å². The summed E-state index contributed by atoms with van der Waals surface area (Å²) >= 11 is 0. The van der Waals surface area contributed by atoms with Gasteiger partial charge in [-0.1, -0.05) is 91.4 Å². The fourth-order valence-corrected chi connectivity index (χ4v) is 3.56. The van der Waals surface area contributed by atoms with E-state index >= 15 is 0 Å². The molecule has 0 amide bonds. The van der Waals surface area contributed by atoms with Gasteiger partial charge in [-0.2, -0.15) is 0 Å². The Labute approximate surface area is 176 Å². The number of nitrogens with one attached hydrogen (secondary N) is 1. The minimum absolute atomic E-state index is 0.903. The lowest BCUT2D eigenvalue weighted by atomic mass is 10.1. The van der Waals surface area contributed by atoms with Crippen LogP contribution in [0, 0.1) is 13.8 Å². The van der Waals surface area contributed by atoms with E-state index in [1.54, 1.807) is 0 Å². The summed E-state index contributed by atoms with van der Waals surface area (Å²) in [5, 5.41) is 3.66. The highest BCUT2D eigenvalue weighted by molar-refractivity contribution is 6.08. The van der Waals surface area contributed by atoms with E-state index in [2.05, 4.69) is 85.9 Å². The molecule has 0 unspecified atom stereocenters. The number of allylic oxidation sites excluding steroid dienone is 3. The van der Waals surface area contributed by atoms with Gasteiger partial charge in [0, 0.05) is 18.8 Å². The zero-order valence-electron chi connectivity index (χ0n) is 18.0. The fraction of sp³-hybridized carbons (Fsp3) is 0.370. The van der Waals surface area contributed by atoms with Crippen LogP contribution in [0.15, 0.2) is 71.8 Å². The molecule has 0 radical (unpaired) electrons. The highest BCUT2D eigenvalue weighted by atomic mass is 14.9. The van der Waals surface area contributed by atoms with E-state index in [4.69, 9.17) is 4.99 Å². The molecule has 2 aromatic carbocycles. The molecule has 152 valence electrons. The van der Waals surface area contributed by atoms with Crippen LogP contribution < -0.4 is 5.32 Å². The Hall–Kier alpha value is -2.61. The second-order valence-electron chi connectivity index (χ2n) is 7.99. The molecule has 0 fully saturated rings. The van der Waals surface area contributed by atoms with Gasteiger partial charge >= 0.3 is 0 Å². The average Bonchev–Trinajstić information content (AvgIpc) is 2.74. The lowest BCUT2D eigenvalue weighted by Crippen LogP contribution is -2.13. The van der Waals surface area contributed by atoms with Gasteiger partial charge in [0.05, 0.1) is 5.71 Å². The number of aryl methyl sites for hydroxylation is 2. The Morgan fingerprint density at radius 3 is 1.97 bits per heavy atom. The van der Waals surface area contributed by atoms with E-state index in [-0.39, 0.29) is 0 Å². The van der Waals surface area contributed by atoms with E-state index in [0.29, 0.717) is 0 Å². The molecule has 1 aliphatic rings. The van der Waals surface area contributed by atoms with Crippen LogP contribution in [0.4, 0.5) is 0 Å². The normalized spacial score (nSPS) is 19.7. The first kappa shape index (κ1) is 21.1. The van der Waals surface area contributed by atoms with E-state index < -0.39 is 0 Å². The van der Waals surface area contributed by atoms with Crippen molar-refractivity contribution in [1.29, 1.82) is 0 Å². The van der Waals surface area contributed by atoms with Crippen molar-refractivity contribution in [1.82, 2.24) is 5.32 Å². The van der Waals surface area contributed by atoms with E-state index in [9.17, 15) is 0 Å². The minimum Gasteiger partial charge on any atom is -0.385 e. The molecule has 0 aliphatic carbocycles. The molecule has 3 rings (SSSR count). The molecule has 2 aromatic rings. The third kappa shape index (κ3) is 7.05. The Morgan fingerprint density at radius 1 is 0.690 bits per heavy atom. The van der Waals surface area contributed by atoms with Gasteiger partial charge in [0.15, 0.2) is 0 Å². The van der Waals surface area contributed by atoms with Crippen molar-refractivity contribution >= 4 is 11.4 Å². The number of hydrogen-bond acceptors (Lipinski definition) is 2. The summed E-state index contributed by atoms with van der Waals surface area (Å²) in [5.74, 6) is 0. The number of hydrogen-bond donors (Lipinski definition) is 1. The van der Waals surface area contributed by atoms with Crippen LogP contribution in [0.3, 0.4) is 0 Å². The number of rotatable bonds is 2. The third-order valence-corrected chi connectivity index (χ3v) is 5.41. The molecule has 0 spiro atoms. The van der Waals surface area contributed by atoms with Crippen molar-refractivity contribution in [2.45, 2.75) is 52.4 Å². The molecule has 0 aromatic heterocycles. The van der Waals surface area contributed by atoms with Crippen LogP contribution in [0.1, 0.15) is 60.8 Å². The molecule has 1 N–H and O–H groups in total. The smallest absolute Gasteiger partial charge is 0.0646 e. The lowest BCUT2D eigenvalue weighted by molar-refractivity contribution is 0.592. The summed E-state index contributed by atoms with van der Waals surface area (Å²) in [6.45, 7) is 6.18. The first-order valence-corrected chi connectivity index (χ1v) is 11.0. The molecule has 0 bridgehead atoms. The SMILES string of the molecule is Cc1ccc(C2=NCCCCCCCCN/C(c3ccc(C)cc3)=C\C=C\2)cc1. The molecule has 0 atom stereocenters. The Bertz CT molecular complexity index is 839. The first-order valence-electron chi connectivity index (χ1n) is 11.0. The third-order valence-electron chi connectivity index (χ3n) is 5.41. The van der Waals surface area contributed by atoms with Gasteiger partial charge in [-0.3, -0.25) is 4.99 Å². The highest BCUT2D eigenvalue weighted by Crippen LogP contribution is 2.15. The Kier molecular flexibility index (Phi) is 8.30. The van der Waals surface area contributed by atoms with E-state index in [1.807, 2.05) is 0 Å². The van der Waals surface area contributed by atoms with Crippen LogP contribution in [0.25, 0.3) is 5.70 Å². The summed E-state index contributed by atoms with van der Waals surface area (Å²) in [4.78, 5) is 4.92. The second kappa shape index (κ2) is 11.4. The van der Waals surface area contributed by atoms with Crippen molar-refractivity contribution in [3.05, 3.63) is 89.0 Å². The van der Waals surface area contributed by atoms with Crippen molar-refractivity contribution in [2.75, 3.05) is 13.1 Å². The molecular weight excluding hydrogens is 352 g/mol. The molecule has 29 heavy (non-hydrogen) atoms. The van der Waals surface area contributed by atoms with Gasteiger partial charge in [0.25, 0.3) is 0 Å². The van der Waals surface area contributed by atoms with Crippen molar-refractivity contribution in [3.8, 4) is 0 Å². The van der Waals surface area contributed by atoms with E-state index in [1.165, 1.54) is 66.5 Å². The van der Waals surface area contributed by atoms with Crippen molar-refractivity contribution in [3.63, 3.8) is 0 Å². The van der Waals surface area contributed by atoms with Crippen LogP contribution >= 0.6 is 0 Å². The maximum atomic E-state index is 4.92. The van der Waals surface area contributed by atoms with Gasteiger partial charge in [0.2, 0.25) is 0 Å². The Morgan fingerprint density at radius 2 is 1.28 bits per heavy atom.